The van der Waals surface area contributed by atoms with Gasteiger partial charge in [-0.3, -0.25) is 4.79 Å². The van der Waals surface area contributed by atoms with Gasteiger partial charge in [-0.05, 0) is 18.2 Å². The normalized spacial score (nSPS) is 24.3. The topological polar surface area (TPSA) is 74.3 Å². The molecule has 0 saturated carbocycles. The number of aliphatic hydroxyl groups excluding tert-OH is 1. The second kappa shape index (κ2) is 7.33. The summed E-state index contributed by atoms with van der Waals surface area (Å²) in [4.78, 5) is 14.5. The third kappa shape index (κ3) is 3.77. The lowest BCUT2D eigenvalue weighted by Crippen LogP contribution is -2.37. The molecule has 0 aliphatic carbocycles. The van der Waals surface area contributed by atoms with Crippen molar-refractivity contribution in [2.24, 2.45) is 0 Å². The van der Waals surface area contributed by atoms with Crippen LogP contribution in [0.15, 0.2) is 18.2 Å². The predicted molar refractivity (Wildman–Crippen MR) is 86.3 cm³/mol. The number of nitrogens with zero attached hydrogens (tertiary/aromatic N) is 2. The minimum atomic E-state index is -1.16. The molecule has 1 aromatic carbocycles. The van der Waals surface area contributed by atoms with Crippen LogP contribution in [0.5, 0.6) is 0 Å². The van der Waals surface area contributed by atoms with Crippen LogP contribution >= 0.6 is 0 Å². The van der Waals surface area contributed by atoms with Gasteiger partial charge in [-0.2, -0.15) is 0 Å². The molecule has 24 heavy (non-hydrogen) atoms. The van der Waals surface area contributed by atoms with E-state index in [2.05, 4.69) is 5.32 Å². The standard InChI is InChI=1S/C16H22FN3O4/c1-11(21)18-9-13-10-20(16(22)24-13)12-2-3-15(14(17)8-12)19-4-6-23-7-5-19/h2-3,8,13,16,22H,4-7,9-10H2,1H3,(H,18,21). The van der Waals surface area contributed by atoms with Crippen molar-refractivity contribution in [1.29, 1.82) is 0 Å². The molecule has 132 valence electrons. The van der Waals surface area contributed by atoms with E-state index >= 15 is 0 Å². The summed E-state index contributed by atoms with van der Waals surface area (Å²) in [7, 11) is 0. The van der Waals surface area contributed by atoms with Crippen LogP contribution in [0.1, 0.15) is 6.92 Å². The number of ether oxygens (including phenoxy) is 2. The van der Waals surface area contributed by atoms with Crippen LogP contribution in [-0.4, -0.2) is 62.9 Å². The molecule has 2 N–H and O–H groups in total. The smallest absolute Gasteiger partial charge is 0.238 e. The number of morpholine rings is 1. The molecule has 0 aromatic heterocycles. The van der Waals surface area contributed by atoms with E-state index in [9.17, 15) is 14.3 Å². The SMILES string of the molecule is CC(=O)NCC1CN(c2ccc(N3CCOCC3)c(F)c2)C(O)O1. The molecule has 2 aliphatic heterocycles. The van der Waals surface area contributed by atoms with Crippen molar-refractivity contribution in [1.82, 2.24) is 5.32 Å². The fourth-order valence-electron chi connectivity index (χ4n) is 2.94. The monoisotopic (exact) mass is 339 g/mol. The number of hydrogen-bond donors (Lipinski definition) is 2. The third-order valence-electron chi connectivity index (χ3n) is 4.17. The number of rotatable bonds is 4. The van der Waals surface area contributed by atoms with E-state index in [1.165, 1.54) is 13.0 Å². The van der Waals surface area contributed by atoms with Crippen molar-refractivity contribution < 1.29 is 23.8 Å². The Labute approximate surface area is 139 Å². The van der Waals surface area contributed by atoms with Gasteiger partial charge in [0.25, 0.3) is 0 Å². The minimum absolute atomic E-state index is 0.160. The van der Waals surface area contributed by atoms with Crippen molar-refractivity contribution in [2.45, 2.75) is 19.4 Å². The van der Waals surface area contributed by atoms with E-state index in [0.29, 0.717) is 50.8 Å². The van der Waals surface area contributed by atoms with Gasteiger partial charge in [0.15, 0.2) is 0 Å². The van der Waals surface area contributed by atoms with Crippen molar-refractivity contribution >= 4 is 17.3 Å². The maximum atomic E-state index is 14.5. The molecular formula is C16H22FN3O4. The van der Waals surface area contributed by atoms with Crippen molar-refractivity contribution in [3.8, 4) is 0 Å². The molecule has 2 saturated heterocycles. The Hall–Kier alpha value is -1.90. The van der Waals surface area contributed by atoms with Gasteiger partial charge in [-0.25, -0.2) is 4.39 Å². The third-order valence-corrected chi connectivity index (χ3v) is 4.17. The number of hydrogen-bond acceptors (Lipinski definition) is 6. The van der Waals surface area contributed by atoms with Gasteiger partial charge >= 0.3 is 0 Å². The van der Waals surface area contributed by atoms with Crippen LogP contribution in [0.25, 0.3) is 0 Å². The van der Waals surface area contributed by atoms with Gasteiger partial charge in [0.05, 0.1) is 31.5 Å². The van der Waals surface area contributed by atoms with Crippen molar-refractivity contribution in [3.63, 3.8) is 0 Å². The fraction of sp³-hybridized carbons (Fsp3) is 0.562. The summed E-state index contributed by atoms with van der Waals surface area (Å²) in [5.41, 5.74) is 1.08. The number of carbonyl (C=O) groups is 1. The molecule has 2 unspecified atom stereocenters. The molecule has 3 rings (SSSR count). The van der Waals surface area contributed by atoms with E-state index in [4.69, 9.17) is 9.47 Å². The van der Waals surface area contributed by atoms with Gasteiger partial charge in [-0.1, -0.05) is 0 Å². The Morgan fingerprint density at radius 1 is 1.42 bits per heavy atom. The highest BCUT2D eigenvalue weighted by Gasteiger charge is 2.32. The van der Waals surface area contributed by atoms with Gasteiger partial charge in [0.1, 0.15) is 5.82 Å². The Balaban J connectivity index is 1.68. The quantitative estimate of drug-likeness (QED) is 0.821. The van der Waals surface area contributed by atoms with E-state index in [0.717, 1.165) is 0 Å². The summed E-state index contributed by atoms with van der Waals surface area (Å²) in [5.74, 6) is -0.501. The molecule has 1 aromatic rings. The summed E-state index contributed by atoms with van der Waals surface area (Å²) in [6.07, 6.45) is -1.50. The first-order chi connectivity index (χ1) is 11.5. The zero-order valence-corrected chi connectivity index (χ0v) is 13.6. The minimum Gasteiger partial charge on any atom is -0.378 e. The number of anilines is 2. The molecule has 7 nitrogen and oxygen atoms in total. The number of benzene rings is 1. The number of nitrogens with one attached hydrogen (secondary N) is 1. The summed E-state index contributed by atoms with van der Waals surface area (Å²) < 4.78 is 25.1. The molecule has 1 amide bonds. The summed E-state index contributed by atoms with van der Waals surface area (Å²) >= 11 is 0. The molecule has 2 atom stereocenters. The van der Waals surface area contributed by atoms with Crippen LogP contribution in [0.3, 0.4) is 0 Å². The van der Waals surface area contributed by atoms with Gasteiger partial charge in [0.2, 0.25) is 12.3 Å². The van der Waals surface area contributed by atoms with E-state index in [-0.39, 0.29) is 17.8 Å². The maximum Gasteiger partial charge on any atom is 0.238 e. The number of amides is 1. The first-order valence-corrected chi connectivity index (χ1v) is 8.01. The highest BCUT2D eigenvalue weighted by molar-refractivity contribution is 5.72. The first-order valence-electron chi connectivity index (χ1n) is 8.01. The van der Waals surface area contributed by atoms with Crippen LogP contribution < -0.4 is 15.1 Å². The highest BCUT2D eigenvalue weighted by atomic mass is 19.1. The van der Waals surface area contributed by atoms with E-state index in [1.807, 2.05) is 4.90 Å². The Kier molecular flexibility index (Phi) is 5.17. The number of halogens is 1. The highest BCUT2D eigenvalue weighted by Crippen LogP contribution is 2.29. The lowest BCUT2D eigenvalue weighted by Gasteiger charge is -2.30. The molecule has 2 fully saturated rings. The Morgan fingerprint density at radius 3 is 2.83 bits per heavy atom. The number of aliphatic hydroxyl groups is 1. The van der Waals surface area contributed by atoms with E-state index < -0.39 is 6.41 Å². The average Bonchev–Trinajstić information content (AvgIpc) is 2.94. The zero-order chi connectivity index (χ0) is 17.1. The zero-order valence-electron chi connectivity index (χ0n) is 13.6. The lowest BCUT2D eigenvalue weighted by atomic mass is 10.2. The lowest BCUT2D eigenvalue weighted by molar-refractivity contribution is -0.121. The van der Waals surface area contributed by atoms with Crippen LogP contribution in [0, 0.1) is 5.82 Å². The molecule has 0 radical (unpaired) electrons. The van der Waals surface area contributed by atoms with Crippen LogP contribution in [-0.2, 0) is 14.3 Å². The summed E-state index contributed by atoms with van der Waals surface area (Å²) in [6.45, 7) is 4.59. The van der Waals surface area contributed by atoms with Crippen LogP contribution in [0.4, 0.5) is 15.8 Å². The largest absolute Gasteiger partial charge is 0.378 e. The Bertz CT molecular complexity index is 595. The fourth-order valence-corrected chi connectivity index (χ4v) is 2.94. The maximum absolute atomic E-state index is 14.5. The summed E-state index contributed by atoms with van der Waals surface area (Å²) in [5, 5.41) is 12.7. The number of carbonyl (C=O) groups excluding carboxylic acids is 1. The molecule has 8 heteroatoms. The molecule has 0 bridgehead atoms. The van der Waals surface area contributed by atoms with E-state index in [1.54, 1.807) is 17.0 Å². The van der Waals surface area contributed by atoms with Crippen LogP contribution in [0.2, 0.25) is 0 Å². The summed E-state index contributed by atoms with van der Waals surface area (Å²) in [6, 6.07) is 4.88. The molecular weight excluding hydrogens is 317 g/mol. The predicted octanol–water partition coefficient (Wildman–Crippen LogP) is 0.279. The molecule has 2 aliphatic rings. The molecule has 2 heterocycles. The van der Waals surface area contributed by atoms with Gasteiger partial charge in [-0.15, -0.1) is 0 Å². The van der Waals surface area contributed by atoms with Gasteiger partial charge < -0.3 is 29.7 Å². The van der Waals surface area contributed by atoms with Gasteiger partial charge in [0, 0.05) is 32.2 Å². The Morgan fingerprint density at radius 2 is 2.17 bits per heavy atom. The second-order valence-corrected chi connectivity index (χ2v) is 5.91. The second-order valence-electron chi connectivity index (χ2n) is 5.91. The average molecular weight is 339 g/mol. The molecule has 0 spiro atoms. The first kappa shape index (κ1) is 16.9. The van der Waals surface area contributed by atoms with Crippen molar-refractivity contribution in [2.75, 3.05) is 49.2 Å². The van der Waals surface area contributed by atoms with Crippen molar-refractivity contribution in [3.05, 3.63) is 24.0 Å².